The van der Waals surface area contributed by atoms with Crippen molar-refractivity contribution in [3.8, 4) is 0 Å². The van der Waals surface area contributed by atoms with Gasteiger partial charge in [0.2, 0.25) is 11.8 Å². The number of thioether (sulfide) groups is 1. The lowest BCUT2D eigenvalue weighted by Crippen LogP contribution is -2.40. The van der Waals surface area contributed by atoms with E-state index in [1.807, 2.05) is 23.7 Å². The van der Waals surface area contributed by atoms with Gasteiger partial charge >= 0.3 is 0 Å². The zero-order chi connectivity index (χ0) is 14.0. The Bertz CT molecular complexity index is 361. The van der Waals surface area contributed by atoms with Crippen molar-refractivity contribution in [3.63, 3.8) is 0 Å². The zero-order valence-corrected chi connectivity index (χ0v) is 12.9. The van der Waals surface area contributed by atoms with E-state index < -0.39 is 0 Å². The molecule has 1 saturated carbocycles. The molecule has 0 spiro atoms. The number of rotatable bonds is 4. The summed E-state index contributed by atoms with van der Waals surface area (Å²) in [5.41, 5.74) is 0. The fourth-order valence-electron chi connectivity index (χ4n) is 3.15. The van der Waals surface area contributed by atoms with Crippen molar-refractivity contribution in [3.05, 3.63) is 0 Å². The van der Waals surface area contributed by atoms with Gasteiger partial charge in [0.05, 0.1) is 5.92 Å². The Morgan fingerprint density at radius 2 is 2.21 bits per heavy atom. The minimum Gasteiger partial charge on any atom is -0.345 e. The largest absolute Gasteiger partial charge is 0.345 e. The van der Waals surface area contributed by atoms with E-state index >= 15 is 0 Å². The highest BCUT2D eigenvalue weighted by Crippen LogP contribution is 2.33. The van der Waals surface area contributed by atoms with Crippen LogP contribution in [0.15, 0.2) is 0 Å². The normalized spacial score (nSPS) is 31.0. The highest BCUT2D eigenvalue weighted by Gasteiger charge is 2.37. The molecule has 2 rings (SSSR count). The van der Waals surface area contributed by atoms with Crippen LogP contribution in [0, 0.1) is 5.92 Å². The molecule has 0 radical (unpaired) electrons. The molecule has 19 heavy (non-hydrogen) atoms. The third kappa shape index (κ3) is 3.25. The molecule has 0 aromatic carbocycles. The van der Waals surface area contributed by atoms with Gasteiger partial charge in [-0.25, -0.2) is 0 Å². The third-order valence-electron chi connectivity index (χ3n) is 4.34. The second-order valence-electron chi connectivity index (χ2n) is 5.67. The van der Waals surface area contributed by atoms with Gasteiger partial charge in [0, 0.05) is 38.4 Å². The topological polar surface area (TPSA) is 40.6 Å². The van der Waals surface area contributed by atoms with Crippen molar-refractivity contribution in [1.29, 1.82) is 0 Å². The molecule has 108 valence electrons. The highest BCUT2D eigenvalue weighted by atomic mass is 32.2. The molecule has 1 aliphatic carbocycles. The average molecular weight is 284 g/mol. The molecular weight excluding hydrogens is 260 g/mol. The number of nitrogens with zero attached hydrogens (tertiary/aromatic N) is 2. The molecule has 0 aromatic rings. The minimum atomic E-state index is -0.125. The molecule has 3 atom stereocenters. The van der Waals surface area contributed by atoms with Crippen molar-refractivity contribution < 1.29 is 9.59 Å². The van der Waals surface area contributed by atoms with Gasteiger partial charge in [0.25, 0.3) is 0 Å². The Kier molecular flexibility index (Phi) is 4.76. The van der Waals surface area contributed by atoms with Crippen molar-refractivity contribution in [2.45, 2.75) is 43.9 Å². The maximum atomic E-state index is 12.4. The van der Waals surface area contributed by atoms with Crippen LogP contribution < -0.4 is 0 Å². The molecule has 1 aliphatic heterocycles. The van der Waals surface area contributed by atoms with E-state index in [0.29, 0.717) is 24.3 Å². The van der Waals surface area contributed by atoms with E-state index in [9.17, 15) is 9.59 Å². The monoisotopic (exact) mass is 284 g/mol. The fourth-order valence-corrected chi connectivity index (χ4v) is 4.29. The SMILES string of the molecule is CCS[C@@H]1CC[C@@H](N(C)C(=O)[C@H]2CC(=O)N(C)C2)C1. The second-order valence-corrected chi connectivity index (χ2v) is 7.25. The summed E-state index contributed by atoms with van der Waals surface area (Å²) in [4.78, 5) is 27.5. The number of hydrogen-bond acceptors (Lipinski definition) is 3. The Labute approximate surface area is 119 Å². The minimum absolute atomic E-state index is 0.0950. The van der Waals surface area contributed by atoms with Gasteiger partial charge < -0.3 is 9.80 Å². The first-order valence-corrected chi connectivity index (χ1v) is 8.20. The number of likely N-dealkylation sites (tertiary alicyclic amines) is 1. The number of amides is 2. The lowest BCUT2D eigenvalue weighted by atomic mass is 10.1. The Morgan fingerprint density at radius 1 is 1.47 bits per heavy atom. The van der Waals surface area contributed by atoms with Crippen molar-refractivity contribution in [2.24, 2.45) is 5.92 Å². The smallest absolute Gasteiger partial charge is 0.227 e. The summed E-state index contributed by atoms with van der Waals surface area (Å²) in [6.07, 6.45) is 3.82. The van der Waals surface area contributed by atoms with E-state index in [-0.39, 0.29) is 17.7 Å². The van der Waals surface area contributed by atoms with E-state index in [1.54, 1.807) is 11.9 Å². The molecule has 1 heterocycles. The molecular formula is C14H24N2O2S. The summed E-state index contributed by atoms with van der Waals surface area (Å²) in [5, 5.41) is 0.707. The van der Waals surface area contributed by atoms with E-state index in [1.165, 1.54) is 6.42 Å². The second kappa shape index (κ2) is 6.16. The number of hydrogen-bond donors (Lipinski definition) is 0. The van der Waals surface area contributed by atoms with E-state index in [2.05, 4.69) is 6.92 Å². The molecule has 4 nitrogen and oxygen atoms in total. The maximum Gasteiger partial charge on any atom is 0.227 e. The van der Waals surface area contributed by atoms with Crippen LogP contribution in [0.2, 0.25) is 0 Å². The Hall–Kier alpha value is -0.710. The first-order chi connectivity index (χ1) is 9.02. The predicted molar refractivity (Wildman–Crippen MR) is 78.1 cm³/mol. The molecule has 2 aliphatic rings. The van der Waals surface area contributed by atoms with Crippen molar-refractivity contribution in [2.75, 3.05) is 26.4 Å². The summed E-state index contributed by atoms with van der Waals surface area (Å²) in [5.74, 6) is 1.28. The van der Waals surface area contributed by atoms with Crippen LogP contribution in [0.5, 0.6) is 0 Å². The van der Waals surface area contributed by atoms with Crippen LogP contribution >= 0.6 is 11.8 Å². The van der Waals surface area contributed by atoms with Gasteiger partial charge in [-0.1, -0.05) is 6.92 Å². The fraction of sp³-hybridized carbons (Fsp3) is 0.857. The lowest BCUT2D eigenvalue weighted by Gasteiger charge is -2.27. The third-order valence-corrected chi connectivity index (χ3v) is 5.58. The zero-order valence-electron chi connectivity index (χ0n) is 12.1. The van der Waals surface area contributed by atoms with Crippen molar-refractivity contribution >= 4 is 23.6 Å². The predicted octanol–water partition coefficient (Wildman–Crippen LogP) is 1.60. The van der Waals surface area contributed by atoms with Crippen LogP contribution in [0.1, 0.15) is 32.6 Å². The molecule has 0 aromatic heterocycles. The lowest BCUT2D eigenvalue weighted by molar-refractivity contribution is -0.136. The summed E-state index contributed by atoms with van der Waals surface area (Å²) in [6.45, 7) is 2.77. The Morgan fingerprint density at radius 3 is 2.79 bits per heavy atom. The van der Waals surface area contributed by atoms with Crippen LogP contribution in [-0.4, -0.2) is 59.3 Å². The molecule has 1 saturated heterocycles. The van der Waals surface area contributed by atoms with Crippen LogP contribution in [0.25, 0.3) is 0 Å². The van der Waals surface area contributed by atoms with Crippen LogP contribution in [-0.2, 0) is 9.59 Å². The summed E-state index contributed by atoms with van der Waals surface area (Å²) < 4.78 is 0. The molecule has 0 unspecified atom stereocenters. The standard InChI is InChI=1S/C14H24N2O2S/c1-4-19-12-6-5-11(8-12)16(3)14(18)10-7-13(17)15(2)9-10/h10-12H,4-9H2,1-3H3/t10-,11+,12+/m0/s1. The molecule has 5 heteroatoms. The van der Waals surface area contributed by atoms with Crippen LogP contribution in [0.4, 0.5) is 0 Å². The molecule has 2 amide bonds. The molecule has 2 fully saturated rings. The van der Waals surface area contributed by atoms with Gasteiger partial charge in [0.15, 0.2) is 0 Å². The number of carbonyl (C=O) groups excluding carboxylic acids is 2. The van der Waals surface area contributed by atoms with Gasteiger partial charge in [0.1, 0.15) is 0 Å². The quantitative estimate of drug-likeness (QED) is 0.787. The first-order valence-electron chi connectivity index (χ1n) is 7.15. The van der Waals surface area contributed by atoms with Gasteiger partial charge in [-0.3, -0.25) is 9.59 Å². The summed E-state index contributed by atoms with van der Waals surface area (Å²) >= 11 is 2.00. The van der Waals surface area contributed by atoms with E-state index in [0.717, 1.165) is 18.6 Å². The number of carbonyl (C=O) groups is 2. The average Bonchev–Trinajstić information content (AvgIpc) is 2.96. The van der Waals surface area contributed by atoms with Gasteiger partial charge in [-0.05, 0) is 25.0 Å². The molecule has 0 N–H and O–H groups in total. The Balaban J connectivity index is 1.88. The van der Waals surface area contributed by atoms with E-state index in [4.69, 9.17) is 0 Å². The maximum absolute atomic E-state index is 12.4. The van der Waals surface area contributed by atoms with Gasteiger partial charge in [-0.2, -0.15) is 11.8 Å². The van der Waals surface area contributed by atoms with Gasteiger partial charge in [-0.15, -0.1) is 0 Å². The first kappa shape index (κ1) is 14.7. The summed E-state index contributed by atoms with van der Waals surface area (Å²) in [6, 6.07) is 0.373. The van der Waals surface area contributed by atoms with Crippen LogP contribution in [0.3, 0.4) is 0 Å². The van der Waals surface area contributed by atoms with Crippen molar-refractivity contribution in [1.82, 2.24) is 9.80 Å². The highest BCUT2D eigenvalue weighted by molar-refractivity contribution is 7.99. The molecule has 0 bridgehead atoms. The summed E-state index contributed by atoms with van der Waals surface area (Å²) in [7, 11) is 3.69.